The summed E-state index contributed by atoms with van der Waals surface area (Å²) in [6.07, 6.45) is 1.46. The van der Waals surface area contributed by atoms with Crippen LogP contribution < -0.4 is 14.8 Å². The Kier molecular flexibility index (Phi) is 6.33. The summed E-state index contributed by atoms with van der Waals surface area (Å²) in [5.41, 5.74) is 1.32. The first kappa shape index (κ1) is 18.8. The Labute approximate surface area is 156 Å². The zero-order valence-corrected chi connectivity index (χ0v) is 14.9. The van der Waals surface area contributed by atoms with Crippen molar-refractivity contribution in [2.75, 3.05) is 20.2 Å². The number of hydrogen-bond donors (Lipinski definition) is 1. The molecule has 0 unspecified atom stereocenters. The molecule has 6 heteroatoms. The second-order valence-corrected chi connectivity index (χ2v) is 5.85. The lowest BCUT2D eigenvalue weighted by atomic mass is 10.1. The van der Waals surface area contributed by atoms with Gasteiger partial charge in [-0.1, -0.05) is 30.3 Å². The molecule has 1 aromatic heterocycles. The summed E-state index contributed by atoms with van der Waals surface area (Å²) in [5.74, 6) is -0.0614. The fourth-order valence-electron chi connectivity index (χ4n) is 2.49. The van der Waals surface area contributed by atoms with Gasteiger partial charge in [-0.05, 0) is 30.8 Å². The molecule has 0 spiro atoms. The summed E-state index contributed by atoms with van der Waals surface area (Å²) in [6, 6.07) is 14.9. The minimum absolute atomic E-state index is 0.0670. The van der Waals surface area contributed by atoms with Crippen molar-refractivity contribution in [2.24, 2.45) is 0 Å². The third-order valence-corrected chi connectivity index (χ3v) is 3.91. The van der Waals surface area contributed by atoms with E-state index >= 15 is 0 Å². The Bertz CT molecular complexity index is 889. The van der Waals surface area contributed by atoms with Crippen molar-refractivity contribution in [2.45, 2.75) is 6.61 Å². The van der Waals surface area contributed by atoms with Crippen molar-refractivity contribution in [1.82, 2.24) is 10.3 Å². The van der Waals surface area contributed by atoms with E-state index < -0.39 is 5.82 Å². The van der Waals surface area contributed by atoms with E-state index in [-0.39, 0.29) is 18.1 Å². The van der Waals surface area contributed by atoms with Crippen LogP contribution in [0.3, 0.4) is 0 Å². The van der Waals surface area contributed by atoms with Crippen LogP contribution in [0.15, 0.2) is 60.8 Å². The number of rotatable bonds is 8. The van der Waals surface area contributed by atoms with Crippen molar-refractivity contribution < 1.29 is 18.3 Å². The molecule has 1 heterocycles. The van der Waals surface area contributed by atoms with Gasteiger partial charge in [0, 0.05) is 18.2 Å². The minimum Gasteiger partial charge on any atom is -0.491 e. The lowest BCUT2D eigenvalue weighted by Gasteiger charge is -2.11. The maximum absolute atomic E-state index is 14.2. The average Bonchev–Trinajstić information content (AvgIpc) is 2.69. The van der Waals surface area contributed by atoms with E-state index in [0.29, 0.717) is 30.2 Å². The maximum atomic E-state index is 14.2. The smallest absolute Gasteiger partial charge is 0.151 e. The highest BCUT2D eigenvalue weighted by Gasteiger charge is 2.10. The fraction of sp³-hybridized carbons (Fsp3) is 0.190. The normalized spacial score (nSPS) is 10.6. The van der Waals surface area contributed by atoms with Gasteiger partial charge >= 0.3 is 0 Å². The molecule has 3 aromatic rings. The van der Waals surface area contributed by atoms with Crippen LogP contribution in [0.2, 0.25) is 0 Å². The first-order valence-electron chi connectivity index (χ1n) is 8.57. The number of nitrogens with one attached hydrogen (secondary N) is 1. The van der Waals surface area contributed by atoms with Crippen LogP contribution in [-0.2, 0) is 6.61 Å². The second kappa shape index (κ2) is 9.09. The summed E-state index contributed by atoms with van der Waals surface area (Å²) in [4.78, 5) is 4.05. The topological polar surface area (TPSA) is 43.4 Å². The van der Waals surface area contributed by atoms with E-state index in [9.17, 15) is 8.78 Å². The first-order chi connectivity index (χ1) is 13.2. The van der Waals surface area contributed by atoms with Crippen LogP contribution in [0.5, 0.6) is 11.5 Å². The van der Waals surface area contributed by atoms with E-state index in [1.54, 1.807) is 13.1 Å². The standard InChI is InChI=1S/C21H20F2N2O2/c1-24-9-10-26-17-12-20(23)21(25-13-17)14-27-16-7-8-19(22)18(11-16)15-5-3-2-4-6-15/h2-8,11-13,24H,9-10,14H2,1H3. The molecule has 27 heavy (non-hydrogen) atoms. The van der Waals surface area contributed by atoms with Gasteiger partial charge in [0.15, 0.2) is 5.82 Å². The predicted molar refractivity (Wildman–Crippen MR) is 99.8 cm³/mol. The molecule has 0 fully saturated rings. The van der Waals surface area contributed by atoms with Gasteiger partial charge in [0.1, 0.15) is 36.2 Å². The molecule has 4 nitrogen and oxygen atoms in total. The van der Waals surface area contributed by atoms with Gasteiger partial charge in [0.25, 0.3) is 0 Å². The van der Waals surface area contributed by atoms with E-state index in [1.807, 2.05) is 30.3 Å². The third-order valence-electron chi connectivity index (χ3n) is 3.91. The monoisotopic (exact) mass is 370 g/mol. The van der Waals surface area contributed by atoms with Crippen LogP contribution >= 0.6 is 0 Å². The third kappa shape index (κ3) is 5.01. The largest absolute Gasteiger partial charge is 0.491 e. The summed E-state index contributed by atoms with van der Waals surface area (Å²) < 4.78 is 39.3. The van der Waals surface area contributed by atoms with Crippen molar-refractivity contribution in [1.29, 1.82) is 0 Å². The summed E-state index contributed by atoms with van der Waals surface area (Å²) >= 11 is 0. The van der Waals surface area contributed by atoms with Gasteiger partial charge in [-0.2, -0.15) is 0 Å². The van der Waals surface area contributed by atoms with Crippen LogP contribution in [0.1, 0.15) is 5.69 Å². The minimum atomic E-state index is -0.512. The molecule has 2 aromatic carbocycles. The summed E-state index contributed by atoms with van der Waals surface area (Å²) in [6.45, 7) is 1.01. The summed E-state index contributed by atoms with van der Waals surface area (Å²) in [7, 11) is 1.81. The number of pyridine rings is 1. The van der Waals surface area contributed by atoms with E-state index in [2.05, 4.69) is 10.3 Å². The molecule has 1 N–H and O–H groups in total. The highest BCUT2D eigenvalue weighted by Crippen LogP contribution is 2.27. The van der Waals surface area contributed by atoms with E-state index in [1.165, 1.54) is 24.4 Å². The molecule has 0 saturated carbocycles. The van der Waals surface area contributed by atoms with Crippen molar-refractivity contribution in [3.05, 3.63) is 78.1 Å². The number of halogens is 2. The molecule has 3 rings (SSSR count). The van der Waals surface area contributed by atoms with Crippen molar-refractivity contribution >= 4 is 0 Å². The molecule has 0 radical (unpaired) electrons. The first-order valence-corrected chi connectivity index (χ1v) is 8.57. The van der Waals surface area contributed by atoms with Crippen LogP contribution in [0.4, 0.5) is 8.78 Å². The maximum Gasteiger partial charge on any atom is 0.151 e. The fourth-order valence-corrected chi connectivity index (χ4v) is 2.49. The van der Waals surface area contributed by atoms with Crippen LogP contribution in [0.25, 0.3) is 11.1 Å². The highest BCUT2D eigenvalue weighted by atomic mass is 19.1. The quantitative estimate of drug-likeness (QED) is 0.604. The summed E-state index contributed by atoms with van der Waals surface area (Å²) in [5, 5.41) is 2.94. The van der Waals surface area contributed by atoms with Gasteiger partial charge in [-0.15, -0.1) is 0 Å². The molecule has 0 bridgehead atoms. The molecule has 0 saturated heterocycles. The highest BCUT2D eigenvalue weighted by molar-refractivity contribution is 5.65. The SMILES string of the molecule is CNCCOc1cnc(COc2ccc(F)c(-c3ccccc3)c2)c(F)c1. The Morgan fingerprint density at radius 3 is 2.48 bits per heavy atom. The zero-order valence-electron chi connectivity index (χ0n) is 14.9. The van der Waals surface area contributed by atoms with Crippen molar-refractivity contribution in [3.8, 4) is 22.6 Å². The van der Waals surface area contributed by atoms with Crippen LogP contribution in [0, 0.1) is 11.6 Å². The van der Waals surface area contributed by atoms with E-state index in [0.717, 1.165) is 5.56 Å². The van der Waals surface area contributed by atoms with E-state index in [4.69, 9.17) is 9.47 Å². The molecule has 0 aliphatic carbocycles. The van der Waals surface area contributed by atoms with Gasteiger partial charge in [0.05, 0.1) is 6.20 Å². The molecule has 0 atom stereocenters. The number of aromatic nitrogens is 1. The van der Waals surface area contributed by atoms with Gasteiger partial charge in [-0.25, -0.2) is 8.78 Å². The van der Waals surface area contributed by atoms with Gasteiger partial charge in [0.2, 0.25) is 0 Å². The molecule has 0 aliphatic heterocycles. The van der Waals surface area contributed by atoms with Crippen molar-refractivity contribution in [3.63, 3.8) is 0 Å². The number of likely N-dealkylation sites (N-methyl/N-ethyl adjacent to an activating group) is 1. The molecule has 0 amide bonds. The zero-order chi connectivity index (χ0) is 19.1. The lowest BCUT2D eigenvalue weighted by Crippen LogP contribution is -2.16. The van der Waals surface area contributed by atoms with Gasteiger partial charge < -0.3 is 14.8 Å². The van der Waals surface area contributed by atoms with Crippen LogP contribution in [-0.4, -0.2) is 25.2 Å². The number of ether oxygens (including phenoxy) is 2. The lowest BCUT2D eigenvalue weighted by molar-refractivity contribution is 0.289. The Morgan fingerprint density at radius 1 is 0.926 bits per heavy atom. The molecule has 140 valence electrons. The Hall–Kier alpha value is -2.99. The Morgan fingerprint density at radius 2 is 1.74 bits per heavy atom. The number of hydrogen-bond acceptors (Lipinski definition) is 4. The number of benzene rings is 2. The molecular weight excluding hydrogens is 350 g/mol. The Balaban J connectivity index is 1.68. The predicted octanol–water partition coefficient (Wildman–Crippen LogP) is 4.20. The molecular formula is C21H20F2N2O2. The number of nitrogens with zero attached hydrogens (tertiary/aromatic N) is 1. The van der Waals surface area contributed by atoms with Gasteiger partial charge in [-0.3, -0.25) is 4.98 Å². The molecule has 0 aliphatic rings. The average molecular weight is 370 g/mol. The second-order valence-electron chi connectivity index (χ2n) is 5.85.